The van der Waals surface area contributed by atoms with E-state index in [1.807, 2.05) is 0 Å². The van der Waals surface area contributed by atoms with E-state index in [9.17, 15) is 14.9 Å². The summed E-state index contributed by atoms with van der Waals surface area (Å²) in [5.74, 6) is 1.14. The van der Waals surface area contributed by atoms with Gasteiger partial charge in [0.25, 0.3) is 5.69 Å². The van der Waals surface area contributed by atoms with Crippen molar-refractivity contribution in [3.8, 4) is 0 Å². The van der Waals surface area contributed by atoms with Crippen molar-refractivity contribution >= 4 is 17.2 Å². The Morgan fingerprint density at radius 1 is 1.43 bits per heavy atom. The summed E-state index contributed by atoms with van der Waals surface area (Å²) >= 11 is 0. The van der Waals surface area contributed by atoms with Crippen LogP contribution in [-0.4, -0.2) is 42.1 Å². The molecule has 2 aromatic heterocycles. The van der Waals surface area contributed by atoms with E-state index in [1.54, 1.807) is 41.7 Å². The number of aromatic nitrogens is 5. The summed E-state index contributed by atoms with van der Waals surface area (Å²) < 4.78 is 8.48. The maximum Gasteiger partial charge on any atom is 0.293 e. The second-order valence-corrected chi connectivity index (χ2v) is 7.06. The fraction of sp³-hybridized carbons (Fsp3) is 0.368. The number of fused-ring (bicyclic) bond motifs is 1. The minimum atomic E-state index is -0.499. The van der Waals surface area contributed by atoms with Gasteiger partial charge in [0.1, 0.15) is 18.1 Å². The Labute approximate surface area is 171 Å². The molecular formula is C19H21N7O4. The number of methoxy groups -OCH3 is 1. The van der Waals surface area contributed by atoms with Gasteiger partial charge in [-0.3, -0.25) is 14.9 Å². The van der Waals surface area contributed by atoms with Crippen LogP contribution in [0.1, 0.15) is 46.7 Å². The first kappa shape index (κ1) is 19.7. The number of nitro groups is 1. The zero-order valence-electron chi connectivity index (χ0n) is 16.6. The van der Waals surface area contributed by atoms with Gasteiger partial charge in [-0.1, -0.05) is 0 Å². The van der Waals surface area contributed by atoms with Crippen LogP contribution in [0.5, 0.6) is 0 Å². The van der Waals surface area contributed by atoms with Crippen molar-refractivity contribution < 1.29 is 14.5 Å². The van der Waals surface area contributed by atoms with Crippen molar-refractivity contribution in [2.75, 3.05) is 12.4 Å². The van der Waals surface area contributed by atoms with Gasteiger partial charge in [-0.2, -0.15) is 5.10 Å². The topological polar surface area (TPSA) is 130 Å². The highest BCUT2D eigenvalue weighted by atomic mass is 16.6. The highest BCUT2D eigenvalue weighted by Gasteiger charge is 2.27. The van der Waals surface area contributed by atoms with Gasteiger partial charge in [-0.25, -0.2) is 14.6 Å². The van der Waals surface area contributed by atoms with Gasteiger partial charge in [-0.05, 0) is 25.0 Å². The monoisotopic (exact) mass is 411 g/mol. The summed E-state index contributed by atoms with van der Waals surface area (Å²) in [7, 11) is 3.27. The Kier molecular flexibility index (Phi) is 5.27. The molecule has 0 aliphatic carbocycles. The molecule has 1 aliphatic rings. The molecule has 0 fully saturated rings. The maximum atomic E-state index is 12.7. The Bertz CT molecular complexity index is 1100. The number of nitro benzene ring substituents is 1. The van der Waals surface area contributed by atoms with E-state index in [2.05, 4.69) is 20.4 Å². The Morgan fingerprint density at radius 3 is 2.97 bits per heavy atom. The lowest BCUT2D eigenvalue weighted by Crippen LogP contribution is -2.23. The van der Waals surface area contributed by atoms with E-state index in [1.165, 1.54) is 12.3 Å². The molecule has 0 saturated carbocycles. The van der Waals surface area contributed by atoms with Crippen molar-refractivity contribution in [3.05, 3.63) is 63.7 Å². The van der Waals surface area contributed by atoms with E-state index < -0.39 is 4.92 Å². The van der Waals surface area contributed by atoms with Crippen molar-refractivity contribution in [1.29, 1.82) is 0 Å². The van der Waals surface area contributed by atoms with Gasteiger partial charge in [0.05, 0.1) is 11.0 Å². The molecular weight excluding hydrogens is 390 g/mol. The molecule has 4 rings (SSSR count). The number of aryl methyl sites for hydroxylation is 2. The average molecular weight is 411 g/mol. The minimum Gasteiger partial charge on any atom is -0.377 e. The molecule has 0 amide bonds. The van der Waals surface area contributed by atoms with Crippen molar-refractivity contribution in [1.82, 2.24) is 24.3 Å². The number of hydrogen-bond donors (Lipinski definition) is 1. The standard InChI is InChI=1S/C19H21N7O4/c1-24-9-7-20-19(24)17(27)12-5-6-13(15(10-12)26(28)29)21-14-4-3-8-25-18(14)22-16(23-25)11-30-2/h5-7,9-10,14,21H,3-4,8,11H2,1-2H3. The van der Waals surface area contributed by atoms with E-state index in [-0.39, 0.29) is 28.9 Å². The second kappa shape index (κ2) is 8.03. The number of benzene rings is 1. The van der Waals surface area contributed by atoms with Crippen LogP contribution in [0.4, 0.5) is 11.4 Å². The third kappa shape index (κ3) is 3.66. The summed E-state index contributed by atoms with van der Waals surface area (Å²) in [6.07, 6.45) is 4.78. The molecule has 11 nitrogen and oxygen atoms in total. The number of imidazole rings is 1. The largest absolute Gasteiger partial charge is 0.377 e. The van der Waals surface area contributed by atoms with Gasteiger partial charge in [0.15, 0.2) is 11.6 Å². The average Bonchev–Trinajstić information content (AvgIpc) is 3.34. The molecule has 156 valence electrons. The normalized spacial score (nSPS) is 15.6. The molecule has 0 radical (unpaired) electrons. The fourth-order valence-corrected chi connectivity index (χ4v) is 3.57. The molecule has 3 aromatic rings. The van der Waals surface area contributed by atoms with E-state index in [4.69, 9.17) is 4.74 Å². The first-order valence-corrected chi connectivity index (χ1v) is 9.47. The first-order chi connectivity index (χ1) is 14.5. The zero-order valence-corrected chi connectivity index (χ0v) is 16.6. The smallest absolute Gasteiger partial charge is 0.293 e. The molecule has 3 heterocycles. The molecule has 1 aromatic carbocycles. The van der Waals surface area contributed by atoms with Crippen LogP contribution >= 0.6 is 0 Å². The molecule has 11 heteroatoms. The molecule has 1 atom stereocenters. The molecule has 1 N–H and O–H groups in total. The number of carbonyl (C=O) groups is 1. The van der Waals surface area contributed by atoms with Crippen molar-refractivity contribution in [2.45, 2.75) is 32.0 Å². The summed E-state index contributed by atoms with van der Waals surface area (Å²) in [6.45, 7) is 1.04. The predicted molar refractivity (Wildman–Crippen MR) is 106 cm³/mol. The van der Waals surface area contributed by atoms with Gasteiger partial charge in [0, 0.05) is 44.7 Å². The predicted octanol–water partition coefficient (Wildman–Crippen LogP) is 2.24. The summed E-state index contributed by atoms with van der Waals surface area (Å²) in [6, 6.07) is 4.17. The van der Waals surface area contributed by atoms with E-state index >= 15 is 0 Å². The van der Waals surface area contributed by atoms with Crippen LogP contribution in [0, 0.1) is 10.1 Å². The molecule has 0 saturated heterocycles. The van der Waals surface area contributed by atoms with E-state index in [0.29, 0.717) is 18.1 Å². The number of anilines is 1. The molecule has 30 heavy (non-hydrogen) atoms. The van der Waals surface area contributed by atoms with Crippen LogP contribution in [-0.2, 0) is 24.9 Å². The Hall–Kier alpha value is -3.60. The Balaban J connectivity index is 1.63. The summed E-state index contributed by atoms with van der Waals surface area (Å²) in [5.41, 5.74) is 0.352. The first-order valence-electron chi connectivity index (χ1n) is 9.47. The summed E-state index contributed by atoms with van der Waals surface area (Å²) in [5, 5.41) is 19.3. The maximum absolute atomic E-state index is 12.7. The molecule has 1 aliphatic heterocycles. The van der Waals surface area contributed by atoms with Crippen LogP contribution in [0.3, 0.4) is 0 Å². The van der Waals surface area contributed by atoms with Crippen LogP contribution in [0.2, 0.25) is 0 Å². The third-order valence-electron chi connectivity index (χ3n) is 5.00. The number of carbonyl (C=O) groups excluding carboxylic acids is 1. The van der Waals surface area contributed by atoms with Crippen LogP contribution < -0.4 is 5.32 Å². The quantitative estimate of drug-likeness (QED) is 0.356. The minimum absolute atomic E-state index is 0.177. The lowest BCUT2D eigenvalue weighted by Gasteiger charge is -2.24. The molecule has 0 spiro atoms. The van der Waals surface area contributed by atoms with E-state index in [0.717, 1.165) is 25.2 Å². The van der Waals surface area contributed by atoms with Gasteiger partial charge >= 0.3 is 0 Å². The molecule has 0 bridgehead atoms. The second-order valence-electron chi connectivity index (χ2n) is 7.06. The zero-order chi connectivity index (χ0) is 21.3. The highest BCUT2D eigenvalue weighted by Crippen LogP contribution is 2.33. The number of nitrogens with one attached hydrogen (secondary N) is 1. The van der Waals surface area contributed by atoms with Crippen molar-refractivity contribution in [3.63, 3.8) is 0 Å². The number of hydrogen-bond acceptors (Lipinski definition) is 8. The number of ether oxygens (including phenoxy) is 1. The number of rotatable bonds is 7. The lowest BCUT2D eigenvalue weighted by molar-refractivity contribution is -0.384. The third-order valence-corrected chi connectivity index (χ3v) is 5.00. The molecule has 1 unspecified atom stereocenters. The Morgan fingerprint density at radius 2 is 2.27 bits per heavy atom. The van der Waals surface area contributed by atoms with Gasteiger partial charge in [-0.15, -0.1) is 0 Å². The lowest BCUT2D eigenvalue weighted by atomic mass is 10.0. The summed E-state index contributed by atoms with van der Waals surface area (Å²) in [4.78, 5) is 32.4. The number of nitrogens with zero attached hydrogens (tertiary/aromatic N) is 6. The van der Waals surface area contributed by atoms with Crippen molar-refractivity contribution in [2.24, 2.45) is 7.05 Å². The SMILES string of the molecule is COCc1nc2n(n1)CCCC2Nc1ccc(C(=O)c2nccn2C)cc1[N+](=O)[O-]. The van der Waals surface area contributed by atoms with Crippen LogP contribution in [0.15, 0.2) is 30.6 Å². The fourth-order valence-electron chi connectivity index (χ4n) is 3.57. The van der Waals surface area contributed by atoms with Crippen LogP contribution in [0.25, 0.3) is 0 Å². The highest BCUT2D eigenvalue weighted by molar-refractivity contribution is 6.07. The van der Waals surface area contributed by atoms with Gasteiger partial charge < -0.3 is 14.6 Å². The van der Waals surface area contributed by atoms with Gasteiger partial charge in [0.2, 0.25) is 5.78 Å². The number of ketones is 1.